The molecule has 2 rings (SSSR count). The standard InChI is InChI=1S/C13H14F3N3O/c1-19-11(7-9-18-19)6-8-17-10-2-4-12(5-3-10)20-13(14,15)16/h2-5,7,9,17H,6,8H2,1H3. The van der Waals surface area contributed by atoms with E-state index in [1.165, 1.54) is 12.1 Å². The molecule has 0 unspecified atom stereocenters. The summed E-state index contributed by atoms with van der Waals surface area (Å²) in [6.45, 7) is 0.666. The highest BCUT2D eigenvalue weighted by Gasteiger charge is 2.30. The molecule has 0 spiro atoms. The van der Waals surface area contributed by atoms with Crippen molar-refractivity contribution in [2.45, 2.75) is 12.8 Å². The minimum Gasteiger partial charge on any atom is -0.406 e. The molecule has 0 saturated carbocycles. The summed E-state index contributed by atoms with van der Waals surface area (Å²) in [7, 11) is 1.86. The maximum absolute atomic E-state index is 12.0. The lowest BCUT2D eigenvalue weighted by Gasteiger charge is -2.10. The van der Waals surface area contributed by atoms with Gasteiger partial charge in [-0.2, -0.15) is 5.10 Å². The van der Waals surface area contributed by atoms with E-state index in [0.29, 0.717) is 6.54 Å². The molecule has 4 nitrogen and oxygen atoms in total. The molecule has 0 amide bonds. The molecule has 7 heteroatoms. The molecule has 1 aromatic heterocycles. The van der Waals surface area contributed by atoms with Gasteiger partial charge >= 0.3 is 6.36 Å². The predicted octanol–water partition coefficient (Wildman–Crippen LogP) is 2.97. The van der Waals surface area contributed by atoms with Gasteiger partial charge in [0.2, 0.25) is 0 Å². The van der Waals surface area contributed by atoms with E-state index < -0.39 is 6.36 Å². The number of hydrogen-bond acceptors (Lipinski definition) is 3. The number of halogens is 3. The Kier molecular flexibility index (Phi) is 4.16. The molecule has 0 atom stereocenters. The van der Waals surface area contributed by atoms with Gasteiger partial charge in [0.15, 0.2) is 0 Å². The summed E-state index contributed by atoms with van der Waals surface area (Å²) in [5.74, 6) is -0.227. The first kappa shape index (κ1) is 14.2. The number of alkyl halides is 3. The summed E-state index contributed by atoms with van der Waals surface area (Å²) < 4.78 is 41.6. The van der Waals surface area contributed by atoms with Crippen molar-refractivity contribution in [2.24, 2.45) is 7.05 Å². The van der Waals surface area contributed by atoms with Crippen molar-refractivity contribution in [3.63, 3.8) is 0 Å². The molecular weight excluding hydrogens is 271 g/mol. The zero-order chi connectivity index (χ0) is 14.6. The van der Waals surface area contributed by atoms with E-state index in [1.807, 2.05) is 13.1 Å². The third-order valence-corrected chi connectivity index (χ3v) is 2.72. The molecule has 1 aromatic carbocycles. The zero-order valence-electron chi connectivity index (χ0n) is 10.8. The summed E-state index contributed by atoms with van der Waals surface area (Å²) in [6, 6.07) is 7.57. The number of aryl methyl sites for hydroxylation is 1. The summed E-state index contributed by atoms with van der Waals surface area (Å²) in [4.78, 5) is 0. The van der Waals surface area contributed by atoms with Crippen molar-refractivity contribution >= 4 is 5.69 Å². The van der Waals surface area contributed by atoms with E-state index in [0.717, 1.165) is 17.8 Å². The van der Waals surface area contributed by atoms with Crippen LogP contribution in [0.25, 0.3) is 0 Å². The fraction of sp³-hybridized carbons (Fsp3) is 0.308. The van der Waals surface area contributed by atoms with Gasteiger partial charge in [-0.3, -0.25) is 4.68 Å². The number of hydrogen-bond donors (Lipinski definition) is 1. The van der Waals surface area contributed by atoms with Crippen LogP contribution >= 0.6 is 0 Å². The number of nitrogens with one attached hydrogen (secondary N) is 1. The lowest BCUT2D eigenvalue weighted by molar-refractivity contribution is -0.274. The van der Waals surface area contributed by atoms with Crippen molar-refractivity contribution < 1.29 is 17.9 Å². The van der Waals surface area contributed by atoms with Gasteiger partial charge in [-0.25, -0.2) is 0 Å². The van der Waals surface area contributed by atoms with E-state index in [2.05, 4.69) is 15.2 Å². The van der Waals surface area contributed by atoms with E-state index >= 15 is 0 Å². The van der Waals surface area contributed by atoms with Crippen molar-refractivity contribution in [1.82, 2.24) is 9.78 Å². The third-order valence-electron chi connectivity index (χ3n) is 2.72. The van der Waals surface area contributed by atoms with Crippen LogP contribution in [0, 0.1) is 0 Å². The van der Waals surface area contributed by atoms with Crippen LogP contribution in [-0.4, -0.2) is 22.7 Å². The van der Waals surface area contributed by atoms with Crippen LogP contribution in [0.1, 0.15) is 5.69 Å². The average Bonchev–Trinajstić information content (AvgIpc) is 2.76. The Balaban J connectivity index is 1.83. The van der Waals surface area contributed by atoms with Gasteiger partial charge in [0.25, 0.3) is 0 Å². The van der Waals surface area contributed by atoms with Crippen molar-refractivity contribution in [1.29, 1.82) is 0 Å². The lowest BCUT2D eigenvalue weighted by Crippen LogP contribution is -2.17. The fourth-order valence-corrected chi connectivity index (χ4v) is 1.76. The maximum atomic E-state index is 12.0. The Morgan fingerprint density at radius 1 is 1.20 bits per heavy atom. The number of ether oxygens (including phenoxy) is 1. The summed E-state index contributed by atoms with van der Waals surface area (Å²) in [5.41, 5.74) is 1.82. The first-order chi connectivity index (χ1) is 9.44. The van der Waals surface area contributed by atoms with Crippen LogP contribution in [0.3, 0.4) is 0 Å². The largest absolute Gasteiger partial charge is 0.573 e. The molecule has 0 aliphatic heterocycles. The Bertz CT molecular complexity index is 549. The molecule has 1 N–H and O–H groups in total. The number of benzene rings is 1. The second-order valence-electron chi connectivity index (χ2n) is 4.20. The van der Waals surface area contributed by atoms with Crippen LogP contribution in [0.15, 0.2) is 36.5 Å². The van der Waals surface area contributed by atoms with Crippen LogP contribution in [-0.2, 0) is 13.5 Å². The van der Waals surface area contributed by atoms with Gasteiger partial charge in [0.05, 0.1) is 0 Å². The Morgan fingerprint density at radius 3 is 2.45 bits per heavy atom. The van der Waals surface area contributed by atoms with Crippen LogP contribution in [0.4, 0.5) is 18.9 Å². The molecule has 1 heterocycles. The molecule has 108 valence electrons. The molecule has 0 aliphatic rings. The Labute approximate surface area is 114 Å². The summed E-state index contributed by atoms with van der Waals surface area (Å²) in [5, 5.41) is 7.18. The number of anilines is 1. The molecule has 0 fully saturated rings. The van der Waals surface area contributed by atoms with Gasteiger partial charge in [-0.15, -0.1) is 13.2 Å². The monoisotopic (exact) mass is 285 g/mol. The quantitative estimate of drug-likeness (QED) is 0.918. The lowest BCUT2D eigenvalue weighted by atomic mass is 10.2. The van der Waals surface area contributed by atoms with Crippen molar-refractivity contribution in [3.05, 3.63) is 42.2 Å². The van der Waals surface area contributed by atoms with Gasteiger partial charge in [-0.05, 0) is 30.3 Å². The Hall–Kier alpha value is -2.18. The van der Waals surface area contributed by atoms with E-state index in [1.54, 1.807) is 23.0 Å². The average molecular weight is 285 g/mol. The second-order valence-corrected chi connectivity index (χ2v) is 4.20. The third kappa shape index (κ3) is 4.18. The van der Waals surface area contributed by atoms with Crippen molar-refractivity contribution in [2.75, 3.05) is 11.9 Å². The molecular formula is C13H14F3N3O. The highest BCUT2D eigenvalue weighted by molar-refractivity contribution is 5.46. The minimum atomic E-state index is -4.66. The molecule has 0 saturated heterocycles. The molecule has 0 radical (unpaired) electrons. The normalized spacial score (nSPS) is 11.4. The number of aromatic nitrogens is 2. The van der Waals surface area contributed by atoms with Gasteiger partial charge in [-0.1, -0.05) is 0 Å². The minimum absolute atomic E-state index is 0.227. The highest BCUT2D eigenvalue weighted by atomic mass is 19.4. The second kappa shape index (κ2) is 5.85. The van der Waals surface area contributed by atoms with E-state index in [-0.39, 0.29) is 5.75 Å². The SMILES string of the molecule is Cn1nccc1CCNc1ccc(OC(F)(F)F)cc1. The molecule has 0 bridgehead atoms. The smallest absolute Gasteiger partial charge is 0.406 e. The summed E-state index contributed by atoms with van der Waals surface area (Å²) >= 11 is 0. The molecule has 20 heavy (non-hydrogen) atoms. The summed E-state index contributed by atoms with van der Waals surface area (Å²) in [6.07, 6.45) is -2.16. The van der Waals surface area contributed by atoms with E-state index in [4.69, 9.17) is 0 Å². The number of rotatable bonds is 5. The topological polar surface area (TPSA) is 39.1 Å². The predicted molar refractivity (Wildman–Crippen MR) is 68.5 cm³/mol. The first-order valence-electron chi connectivity index (χ1n) is 6.00. The highest BCUT2D eigenvalue weighted by Crippen LogP contribution is 2.23. The van der Waals surface area contributed by atoms with E-state index in [9.17, 15) is 13.2 Å². The van der Waals surface area contributed by atoms with Gasteiger partial charge in [0, 0.05) is 37.6 Å². The van der Waals surface area contributed by atoms with Crippen molar-refractivity contribution in [3.8, 4) is 5.75 Å². The zero-order valence-corrected chi connectivity index (χ0v) is 10.8. The fourth-order valence-electron chi connectivity index (χ4n) is 1.76. The van der Waals surface area contributed by atoms with Gasteiger partial charge in [0.1, 0.15) is 5.75 Å². The van der Waals surface area contributed by atoms with Crippen LogP contribution in [0.5, 0.6) is 5.75 Å². The Morgan fingerprint density at radius 2 is 1.90 bits per heavy atom. The van der Waals surface area contributed by atoms with Crippen LogP contribution in [0.2, 0.25) is 0 Å². The van der Waals surface area contributed by atoms with Gasteiger partial charge < -0.3 is 10.1 Å². The molecule has 2 aromatic rings. The maximum Gasteiger partial charge on any atom is 0.573 e. The molecule has 0 aliphatic carbocycles. The number of nitrogens with zero attached hydrogens (tertiary/aromatic N) is 2. The first-order valence-corrected chi connectivity index (χ1v) is 6.00. The van der Waals surface area contributed by atoms with Crippen LogP contribution < -0.4 is 10.1 Å².